The molecule has 186 valence electrons. The van der Waals surface area contributed by atoms with Crippen molar-refractivity contribution in [2.75, 3.05) is 13.2 Å². The van der Waals surface area contributed by atoms with E-state index in [0.717, 1.165) is 11.1 Å². The molecule has 0 aliphatic carbocycles. The fourth-order valence-corrected chi connectivity index (χ4v) is 4.46. The van der Waals surface area contributed by atoms with Crippen molar-refractivity contribution in [1.82, 2.24) is 4.90 Å². The van der Waals surface area contributed by atoms with Crippen LogP contribution in [-0.4, -0.2) is 59.6 Å². The average molecular weight is 490 g/mol. The van der Waals surface area contributed by atoms with E-state index in [1.807, 2.05) is 60.7 Å². The van der Waals surface area contributed by atoms with Crippen LogP contribution in [-0.2, 0) is 25.6 Å². The molecule has 2 heterocycles. The predicted molar refractivity (Wildman–Crippen MR) is 129 cm³/mol. The van der Waals surface area contributed by atoms with Crippen LogP contribution in [0.25, 0.3) is 0 Å². The van der Waals surface area contributed by atoms with Crippen molar-refractivity contribution < 1.29 is 33.6 Å². The van der Waals surface area contributed by atoms with Crippen LogP contribution in [0.3, 0.4) is 0 Å². The van der Waals surface area contributed by atoms with Crippen molar-refractivity contribution in [3.8, 4) is 0 Å². The predicted octanol–water partition coefficient (Wildman–Crippen LogP) is 3.71. The summed E-state index contributed by atoms with van der Waals surface area (Å²) in [6.07, 6.45) is -4.37. The highest BCUT2D eigenvalue weighted by Gasteiger charge is 2.51. The van der Waals surface area contributed by atoms with Crippen molar-refractivity contribution in [3.05, 3.63) is 108 Å². The summed E-state index contributed by atoms with van der Waals surface area (Å²) in [7, 11) is 0. The molecule has 36 heavy (non-hydrogen) atoms. The fourth-order valence-electron chi connectivity index (χ4n) is 4.46. The summed E-state index contributed by atoms with van der Waals surface area (Å²) in [4.78, 5) is 27.3. The molecule has 0 aromatic heterocycles. The average Bonchev–Trinajstić information content (AvgIpc) is 2.94. The number of amides is 1. The molecular formula is C28H27NO7. The minimum Gasteiger partial charge on any atom is -0.454 e. The first-order valence-corrected chi connectivity index (χ1v) is 11.8. The third-order valence-electron chi connectivity index (χ3n) is 6.35. The Labute approximate surface area is 209 Å². The van der Waals surface area contributed by atoms with Crippen LogP contribution in [0.4, 0.5) is 4.79 Å². The first-order valence-electron chi connectivity index (χ1n) is 11.8. The lowest BCUT2D eigenvalue weighted by Gasteiger charge is -2.49. The monoisotopic (exact) mass is 489 g/mol. The molecule has 5 atom stereocenters. The number of piperidine rings is 1. The summed E-state index contributed by atoms with van der Waals surface area (Å²) in [6.45, 7) is 0.150. The van der Waals surface area contributed by atoms with Gasteiger partial charge >= 0.3 is 12.1 Å². The zero-order valence-corrected chi connectivity index (χ0v) is 19.5. The van der Waals surface area contributed by atoms with E-state index in [1.54, 1.807) is 30.3 Å². The third-order valence-corrected chi connectivity index (χ3v) is 6.35. The number of aliphatic hydroxyl groups is 1. The van der Waals surface area contributed by atoms with Crippen molar-refractivity contribution in [2.45, 2.75) is 37.3 Å². The Balaban J connectivity index is 1.35. The SMILES string of the molecule is O=C(O[C@H]1CN(C(=O)OCc2ccccc2)[C@@H]2CO[C@@H](c3ccccc3)O[C@H]2[C@@H]1O)c1ccccc1. The van der Waals surface area contributed by atoms with Gasteiger partial charge in [-0.15, -0.1) is 0 Å². The number of rotatable bonds is 5. The van der Waals surface area contributed by atoms with Crippen LogP contribution in [0.2, 0.25) is 0 Å². The van der Waals surface area contributed by atoms with Crippen molar-refractivity contribution in [3.63, 3.8) is 0 Å². The van der Waals surface area contributed by atoms with Gasteiger partial charge in [-0.05, 0) is 17.7 Å². The van der Waals surface area contributed by atoms with Crippen molar-refractivity contribution in [2.24, 2.45) is 0 Å². The molecule has 1 N–H and O–H groups in total. The van der Waals surface area contributed by atoms with Gasteiger partial charge in [-0.3, -0.25) is 4.90 Å². The number of fused-ring (bicyclic) bond motifs is 1. The number of aliphatic hydroxyl groups excluding tert-OH is 1. The summed E-state index contributed by atoms with van der Waals surface area (Å²) in [5.74, 6) is -0.595. The molecule has 0 spiro atoms. The molecule has 1 amide bonds. The number of nitrogens with zero attached hydrogens (tertiary/aromatic N) is 1. The smallest absolute Gasteiger partial charge is 0.410 e. The maximum absolute atomic E-state index is 13.2. The minimum absolute atomic E-state index is 0.0583. The van der Waals surface area contributed by atoms with E-state index >= 15 is 0 Å². The van der Waals surface area contributed by atoms with E-state index in [1.165, 1.54) is 4.90 Å². The van der Waals surface area contributed by atoms with Crippen LogP contribution < -0.4 is 0 Å². The summed E-state index contributed by atoms with van der Waals surface area (Å²) in [6, 6.07) is 26.5. The van der Waals surface area contributed by atoms with E-state index in [4.69, 9.17) is 18.9 Å². The maximum atomic E-state index is 13.2. The van der Waals surface area contributed by atoms with Gasteiger partial charge in [0.15, 0.2) is 6.29 Å². The molecule has 2 fully saturated rings. The van der Waals surface area contributed by atoms with Crippen molar-refractivity contribution in [1.29, 1.82) is 0 Å². The molecule has 3 aromatic carbocycles. The molecule has 0 radical (unpaired) electrons. The Hall–Kier alpha value is -3.72. The minimum atomic E-state index is -1.17. The quantitative estimate of drug-likeness (QED) is 0.546. The summed E-state index contributed by atoms with van der Waals surface area (Å²) in [5.41, 5.74) is 1.97. The van der Waals surface area contributed by atoms with E-state index < -0.39 is 42.7 Å². The lowest BCUT2D eigenvalue weighted by molar-refractivity contribution is -0.283. The van der Waals surface area contributed by atoms with Gasteiger partial charge in [0.1, 0.15) is 24.9 Å². The molecule has 0 bridgehead atoms. The number of likely N-dealkylation sites (tertiary alicyclic amines) is 1. The van der Waals surface area contributed by atoms with Gasteiger partial charge in [-0.2, -0.15) is 0 Å². The van der Waals surface area contributed by atoms with Gasteiger partial charge < -0.3 is 24.1 Å². The molecule has 2 aliphatic rings. The zero-order valence-electron chi connectivity index (χ0n) is 19.5. The first kappa shape index (κ1) is 24.0. The molecule has 3 aromatic rings. The molecule has 2 saturated heterocycles. The molecular weight excluding hydrogens is 462 g/mol. The number of carbonyl (C=O) groups excluding carboxylic acids is 2. The Bertz CT molecular complexity index is 1160. The summed E-state index contributed by atoms with van der Waals surface area (Å²) >= 11 is 0. The molecule has 0 saturated carbocycles. The van der Waals surface area contributed by atoms with Crippen LogP contribution in [0.1, 0.15) is 27.8 Å². The largest absolute Gasteiger partial charge is 0.454 e. The van der Waals surface area contributed by atoms with Crippen LogP contribution in [0.5, 0.6) is 0 Å². The standard InChI is InChI=1S/C28H27NO7/c30-24-23(35-26(31)20-12-6-2-7-13-20)16-29(28(32)34-17-19-10-4-1-5-11-19)22-18-33-27(36-25(22)24)21-14-8-3-9-15-21/h1-15,22-25,27,30H,16-18H2/t22-,23+,24-,25-,27-/m1/s1. The molecule has 8 heteroatoms. The topological polar surface area (TPSA) is 94.5 Å². The van der Waals surface area contributed by atoms with E-state index in [9.17, 15) is 14.7 Å². The number of benzene rings is 3. The number of hydrogen-bond donors (Lipinski definition) is 1. The Morgan fingerprint density at radius 3 is 2.25 bits per heavy atom. The van der Waals surface area contributed by atoms with E-state index in [-0.39, 0.29) is 19.8 Å². The fraction of sp³-hybridized carbons (Fsp3) is 0.286. The normalized spacial score (nSPS) is 25.5. The lowest BCUT2D eigenvalue weighted by Crippen LogP contribution is -2.67. The van der Waals surface area contributed by atoms with Gasteiger partial charge in [-0.25, -0.2) is 9.59 Å². The van der Waals surface area contributed by atoms with Crippen LogP contribution in [0, 0.1) is 0 Å². The Morgan fingerprint density at radius 1 is 0.917 bits per heavy atom. The second-order valence-electron chi connectivity index (χ2n) is 8.74. The Morgan fingerprint density at radius 2 is 1.56 bits per heavy atom. The van der Waals surface area contributed by atoms with Gasteiger partial charge in [0.2, 0.25) is 0 Å². The van der Waals surface area contributed by atoms with Crippen LogP contribution in [0.15, 0.2) is 91.0 Å². The Kier molecular flexibility index (Phi) is 7.27. The van der Waals surface area contributed by atoms with Crippen LogP contribution >= 0.6 is 0 Å². The number of carbonyl (C=O) groups is 2. The second kappa shape index (κ2) is 10.9. The highest BCUT2D eigenvalue weighted by molar-refractivity contribution is 5.89. The number of ether oxygens (including phenoxy) is 4. The van der Waals surface area contributed by atoms with Gasteiger partial charge in [0.05, 0.1) is 24.8 Å². The number of esters is 1. The summed E-state index contributed by atoms with van der Waals surface area (Å²) < 4.78 is 23.3. The van der Waals surface area contributed by atoms with E-state index in [0.29, 0.717) is 5.56 Å². The maximum Gasteiger partial charge on any atom is 0.410 e. The zero-order chi connectivity index (χ0) is 24.9. The molecule has 8 nitrogen and oxygen atoms in total. The molecule has 0 unspecified atom stereocenters. The lowest BCUT2D eigenvalue weighted by atomic mass is 9.93. The second-order valence-corrected chi connectivity index (χ2v) is 8.74. The first-order chi connectivity index (χ1) is 17.6. The highest BCUT2D eigenvalue weighted by atomic mass is 16.7. The number of hydrogen-bond acceptors (Lipinski definition) is 7. The molecule has 2 aliphatic heterocycles. The van der Waals surface area contributed by atoms with Gasteiger partial charge in [0, 0.05) is 5.56 Å². The van der Waals surface area contributed by atoms with E-state index in [2.05, 4.69) is 0 Å². The highest BCUT2D eigenvalue weighted by Crippen LogP contribution is 2.35. The molecule has 5 rings (SSSR count). The van der Waals surface area contributed by atoms with Gasteiger partial charge in [-0.1, -0.05) is 78.9 Å². The van der Waals surface area contributed by atoms with Crippen molar-refractivity contribution >= 4 is 12.1 Å². The van der Waals surface area contributed by atoms with Gasteiger partial charge in [0.25, 0.3) is 0 Å². The summed E-state index contributed by atoms with van der Waals surface area (Å²) in [5, 5.41) is 11.2. The third kappa shape index (κ3) is 5.26.